The van der Waals surface area contributed by atoms with Crippen molar-refractivity contribution in [1.82, 2.24) is 9.62 Å². The van der Waals surface area contributed by atoms with Crippen LogP contribution in [-0.2, 0) is 25.9 Å². The van der Waals surface area contributed by atoms with Crippen LogP contribution in [0.15, 0.2) is 35.2 Å². The Morgan fingerprint density at radius 2 is 1.80 bits per heavy atom. The van der Waals surface area contributed by atoms with Crippen LogP contribution in [-0.4, -0.2) is 66.4 Å². The molecule has 7 nitrogen and oxygen atoms in total. The van der Waals surface area contributed by atoms with Crippen LogP contribution in [0, 0.1) is 5.82 Å². The summed E-state index contributed by atoms with van der Waals surface area (Å²) in [6.07, 6.45) is 1.02. The van der Waals surface area contributed by atoms with Crippen LogP contribution in [0.3, 0.4) is 0 Å². The summed E-state index contributed by atoms with van der Waals surface area (Å²) < 4.78 is 59.2. The molecular formula is C24H31Cl2FN2O5S. The molecule has 1 aliphatic rings. The second-order valence-electron chi connectivity index (χ2n) is 8.44. The summed E-state index contributed by atoms with van der Waals surface area (Å²) in [5.41, 5.74) is 1.70. The van der Waals surface area contributed by atoms with Crippen molar-refractivity contribution in [2.24, 2.45) is 0 Å². The van der Waals surface area contributed by atoms with Crippen molar-refractivity contribution in [3.05, 3.63) is 57.3 Å². The van der Waals surface area contributed by atoms with Gasteiger partial charge in [0.25, 0.3) is 0 Å². The average Bonchev–Trinajstić information content (AvgIpc) is 3.15. The van der Waals surface area contributed by atoms with Gasteiger partial charge in [0.1, 0.15) is 6.10 Å². The summed E-state index contributed by atoms with van der Waals surface area (Å²) >= 11 is 12.6. The molecule has 0 saturated heterocycles. The predicted octanol–water partition coefficient (Wildman–Crippen LogP) is 4.46. The van der Waals surface area contributed by atoms with E-state index < -0.39 is 21.9 Å². The highest BCUT2D eigenvalue weighted by atomic mass is 35.5. The lowest BCUT2D eigenvalue weighted by molar-refractivity contribution is 0.0502. The van der Waals surface area contributed by atoms with Crippen LogP contribution in [0.5, 0.6) is 5.75 Å². The van der Waals surface area contributed by atoms with E-state index >= 15 is 0 Å². The van der Waals surface area contributed by atoms with Crippen molar-refractivity contribution in [2.45, 2.75) is 36.8 Å². The Kier molecular flexibility index (Phi) is 10.2. The minimum atomic E-state index is -3.91. The molecule has 11 heteroatoms. The van der Waals surface area contributed by atoms with Gasteiger partial charge in [0.15, 0.2) is 11.6 Å². The van der Waals surface area contributed by atoms with Crippen molar-refractivity contribution < 1.29 is 27.0 Å². The number of ether oxygens (including phenoxy) is 3. The van der Waals surface area contributed by atoms with E-state index in [4.69, 9.17) is 37.4 Å². The molecule has 3 rings (SSSR count). The van der Waals surface area contributed by atoms with Crippen LogP contribution < -0.4 is 9.46 Å². The molecule has 0 amide bonds. The summed E-state index contributed by atoms with van der Waals surface area (Å²) in [4.78, 5) is 1.78. The van der Waals surface area contributed by atoms with E-state index in [2.05, 4.69) is 4.72 Å². The van der Waals surface area contributed by atoms with Gasteiger partial charge in [-0.1, -0.05) is 30.1 Å². The first-order valence-electron chi connectivity index (χ1n) is 11.4. The molecule has 0 heterocycles. The molecule has 1 N–H and O–H groups in total. The first-order valence-corrected chi connectivity index (χ1v) is 13.6. The van der Waals surface area contributed by atoms with Crippen molar-refractivity contribution in [2.75, 3.05) is 47.1 Å². The van der Waals surface area contributed by atoms with Crippen molar-refractivity contribution in [3.63, 3.8) is 0 Å². The lowest BCUT2D eigenvalue weighted by Crippen LogP contribution is -2.34. The molecule has 0 saturated carbocycles. The standard InChI is InChI=1S/C24H31Cl2FN2O5S/c1-4-8-32-10-11-33-9-7-28-35(30,31)17-5-6-23(21(27)14-17)34-24-19-12-16(25)13-20(26)18(19)15-22(24)29(2)3/h5-6,12-14,22,24,28H,4,7-11,15H2,1-3H3/t22-,24-/m0/s1. The van der Waals surface area contributed by atoms with Crippen LogP contribution in [0.1, 0.15) is 30.6 Å². The number of benzene rings is 2. The van der Waals surface area contributed by atoms with E-state index in [1.54, 1.807) is 12.1 Å². The average molecular weight is 549 g/mol. The summed E-state index contributed by atoms with van der Waals surface area (Å²) in [5.74, 6) is -0.837. The maximum Gasteiger partial charge on any atom is 0.240 e. The molecule has 2 aromatic carbocycles. The monoisotopic (exact) mass is 548 g/mol. The van der Waals surface area contributed by atoms with Crippen LogP contribution in [0.25, 0.3) is 0 Å². The fraction of sp³-hybridized carbons (Fsp3) is 0.500. The Hall–Kier alpha value is -1.46. The number of likely N-dealkylation sites (N-methyl/N-ethyl adjacent to an activating group) is 1. The van der Waals surface area contributed by atoms with Gasteiger partial charge in [0.05, 0.1) is 30.8 Å². The van der Waals surface area contributed by atoms with E-state index in [-0.39, 0.29) is 29.8 Å². The molecule has 2 atom stereocenters. The third-order valence-electron chi connectivity index (χ3n) is 5.65. The van der Waals surface area contributed by atoms with E-state index in [9.17, 15) is 12.8 Å². The maximum absolute atomic E-state index is 15.0. The quantitative estimate of drug-likeness (QED) is 0.372. The number of nitrogens with one attached hydrogen (secondary N) is 1. The lowest BCUT2D eigenvalue weighted by Gasteiger charge is -2.27. The minimum Gasteiger partial charge on any atom is -0.481 e. The molecule has 2 aromatic rings. The van der Waals surface area contributed by atoms with Crippen molar-refractivity contribution >= 4 is 33.2 Å². The zero-order chi connectivity index (χ0) is 25.6. The van der Waals surface area contributed by atoms with Gasteiger partial charge in [-0.3, -0.25) is 0 Å². The van der Waals surface area contributed by atoms with Crippen molar-refractivity contribution in [1.29, 1.82) is 0 Å². The van der Waals surface area contributed by atoms with Gasteiger partial charge in [-0.2, -0.15) is 0 Å². The maximum atomic E-state index is 15.0. The van der Waals surface area contributed by atoms with E-state index in [1.165, 1.54) is 12.1 Å². The van der Waals surface area contributed by atoms with Crippen LogP contribution in [0.2, 0.25) is 10.0 Å². The Balaban J connectivity index is 1.66. The van der Waals surface area contributed by atoms with E-state index in [0.717, 1.165) is 23.6 Å². The van der Waals surface area contributed by atoms with Gasteiger partial charge in [0.2, 0.25) is 10.0 Å². The fourth-order valence-electron chi connectivity index (χ4n) is 3.89. The van der Waals surface area contributed by atoms with Gasteiger partial charge >= 0.3 is 0 Å². The molecule has 0 radical (unpaired) electrons. The number of fused-ring (bicyclic) bond motifs is 1. The van der Waals surface area contributed by atoms with E-state index in [1.807, 2.05) is 25.9 Å². The second-order valence-corrected chi connectivity index (χ2v) is 11.1. The smallest absolute Gasteiger partial charge is 0.240 e. The topological polar surface area (TPSA) is 77.1 Å². The number of sulfonamides is 1. The second kappa shape index (κ2) is 12.7. The third-order valence-corrected chi connectivity index (χ3v) is 7.67. The molecule has 0 unspecified atom stereocenters. The van der Waals surface area contributed by atoms with E-state index in [0.29, 0.717) is 36.3 Å². The SMILES string of the molecule is CCCOCCOCCNS(=O)(=O)c1ccc(O[C@H]2c3cc(Cl)cc(Cl)c3C[C@@H]2N(C)C)c(F)c1. The van der Waals surface area contributed by atoms with Crippen molar-refractivity contribution in [3.8, 4) is 5.75 Å². The first-order chi connectivity index (χ1) is 16.6. The fourth-order valence-corrected chi connectivity index (χ4v) is 5.50. The highest BCUT2D eigenvalue weighted by molar-refractivity contribution is 7.89. The Morgan fingerprint density at radius 3 is 2.46 bits per heavy atom. The molecule has 0 bridgehead atoms. The highest BCUT2D eigenvalue weighted by Gasteiger charge is 2.38. The number of hydrogen-bond donors (Lipinski definition) is 1. The number of hydrogen-bond acceptors (Lipinski definition) is 6. The lowest BCUT2D eigenvalue weighted by atomic mass is 10.1. The number of halogens is 3. The normalized spacial score (nSPS) is 17.7. The molecule has 0 fully saturated rings. The molecular weight excluding hydrogens is 518 g/mol. The summed E-state index contributed by atoms with van der Waals surface area (Å²) in [6.45, 7) is 3.73. The molecule has 0 aliphatic heterocycles. The van der Waals surface area contributed by atoms with Gasteiger partial charge in [-0.15, -0.1) is 0 Å². The largest absolute Gasteiger partial charge is 0.481 e. The summed E-state index contributed by atoms with van der Waals surface area (Å²) in [5, 5.41) is 1.00. The molecule has 35 heavy (non-hydrogen) atoms. The molecule has 1 aliphatic carbocycles. The zero-order valence-electron chi connectivity index (χ0n) is 20.0. The zero-order valence-corrected chi connectivity index (χ0v) is 22.4. The molecule has 194 valence electrons. The number of nitrogens with zero attached hydrogens (tertiary/aromatic N) is 1. The number of rotatable bonds is 13. The summed E-state index contributed by atoms with van der Waals surface area (Å²) in [7, 11) is -0.103. The van der Waals surface area contributed by atoms with Gasteiger partial charge in [-0.25, -0.2) is 17.5 Å². The van der Waals surface area contributed by atoms with Crippen LogP contribution in [0.4, 0.5) is 4.39 Å². The Morgan fingerprint density at radius 1 is 1.09 bits per heavy atom. The van der Waals surface area contributed by atoms with Gasteiger partial charge < -0.3 is 19.1 Å². The Bertz CT molecular complexity index is 1120. The Labute approximate surface area is 216 Å². The van der Waals surface area contributed by atoms with Crippen LogP contribution >= 0.6 is 23.2 Å². The minimum absolute atomic E-state index is 0.0554. The van der Waals surface area contributed by atoms with Gasteiger partial charge in [0, 0.05) is 28.8 Å². The first kappa shape index (κ1) is 28.1. The highest BCUT2D eigenvalue weighted by Crippen LogP contribution is 2.42. The van der Waals surface area contributed by atoms with Gasteiger partial charge in [-0.05, 0) is 62.8 Å². The molecule has 0 spiro atoms. The third kappa shape index (κ3) is 7.29. The predicted molar refractivity (Wildman–Crippen MR) is 135 cm³/mol. The summed E-state index contributed by atoms with van der Waals surface area (Å²) in [6, 6.07) is 6.93. The molecule has 0 aromatic heterocycles.